The van der Waals surface area contributed by atoms with Crippen LogP contribution < -0.4 is 4.90 Å². The average molecular weight is 540 g/mol. The highest BCUT2D eigenvalue weighted by atomic mass is 32.2. The third-order valence-electron chi connectivity index (χ3n) is 8.58. The number of likely N-dealkylation sites (N-methyl/N-ethyl adjacent to an activating group) is 1. The Bertz CT molecular complexity index is 1120. The topological polar surface area (TPSA) is 81.2 Å². The Morgan fingerprint density at radius 1 is 1.18 bits per heavy atom. The van der Waals surface area contributed by atoms with Gasteiger partial charge in [-0.15, -0.1) is 24.9 Å². The van der Waals surface area contributed by atoms with Gasteiger partial charge in [-0.3, -0.25) is 14.4 Å². The first kappa shape index (κ1) is 28.4. The number of aliphatic hydroxyl groups excluding tert-OH is 1. The van der Waals surface area contributed by atoms with Gasteiger partial charge in [-0.1, -0.05) is 31.2 Å². The second-order valence-corrected chi connectivity index (χ2v) is 12.6. The van der Waals surface area contributed by atoms with Gasteiger partial charge < -0.3 is 19.8 Å². The third kappa shape index (κ3) is 4.49. The number of unbranched alkanes of at least 4 members (excludes halogenated alkanes) is 1. The quantitative estimate of drug-likeness (QED) is 0.344. The summed E-state index contributed by atoms with van der Waals surface area (Å²) in [6.45, 7) is 15.0. The van der Waals surface area contributed by atoms with Crippen molar-refractivity contribution >= 4 is 35.2 Å². The number of thioether (sulfide) groups is 1. The van der Waals surface area contributed by atoms with E-state index in [-0.39, 0.29) is 35.5 Å². The Hall–Kier alpha value is -2.58. The molecule has 38 heavy (non-hydrogen) atoms. The number of likely N-dealkylation sites (tertiary alicyclic amines) is 1. The zero-order valence-corrected chi connectivity index (χ0v) is 23.9. The maximum Gasteiger partial charge on any atom is 0.251 e. The Kier molecular flexibility index (Phi) is 8.43. The number of nitrogens with zero attached hydrogens (tertiary/aromatic N) is 3. The molecular weight excluding hydrogens is 498 g/mol. The van der Waals surface area contributed by atoms with Gasteiger partial charge in [0, 0.05) is 44.2 Å². The molecule has 1 N–H and O–H groups in total. The molecule has 3 aliphatic rings. The van der Waals surface area contributed by atoms with Gasteiger partial charge in [-0.2, -0.15) is 0 Å². The predicted octanol–water partition coefficient (Wildman–Crippen LogP) is 3.58. The van der Waals surface area contributed by atoms with E-state index in [0.29, 0.717) is 32.5 Å². The molecule has 3 heterocycles. The molecule has 0 aliphatic carbocycles. The third-order valence-corrected chi connectivity index (χ3v) is 10.7. The number of aryl methyl sites for hydroxylation is 2. The van der Waals surface area contributed by atoms with Crippen LogP contribution in [0.4, 0.5) is 5.69 Å². The molecule has 7 nitrogen and oxygen atoms in total. The summed E-state index contributed by atoms with van der Waals surface area (Å²) in [5.74, 6) is -1.18. The molecule has 3 unspecified atom stereocenters. The smallest absolute Gasteiger partial charge is 0.251 e. The van der Waals surface area contributed by atoms with Crippen LogP contribution in [0.15, 0.2) is 43.5 Å². The van der Waals surface area contributed by atoms with Crippen molar-refractivity contribution in [2.75, 3.05) is 38.2 Å². The predicted molar refractivity (Wildman–Crippen MR) is 153 cm³/mol. The molecule has 1 aromatic carbocycles. The van der Waals surface area contributed by atoms with Crippen LogP contribution in [0.3, 0.4) is 0 Å². The molecule has 0 aromatic heterocycles. The maximum absolute atomic E-state index is 14.7. The van der Waals surface area contributed by atoms with Gasteiger partial charge in [0.05, 0.1) is 16.6 Å². The summed E-state index contributed by atoms with van der Waals surface area (Å²) < 4.78 is -0.676. The monoisotopic (exact) mass is 539 g/mol. The lowest BCUT2D eigenvalue weighted by molar-refractivity contribution is -0.143. The molecule has 2 bridgehead atoms. The van der Waals surface area contributed by atoms with Crippen molar-refractivity contribution in [2.24, 2.45) is 17.8 Å². The molecule has 8 heteroatoms. The van der Waals surface area contributed by atoms with Crippen LogP contribution in [-0.2, 0) is 14.4 Å². The van der Waals surface area contributed by atoms with Gasteiger partial charge in [0.15, 0.2) is 0 Å². The normalized spacial score (nSPS) is 29.3. The molecule has 3 fully saturated rings. The minimum absolute atomic E-state index is 0.00201. The van der Waals surface area contributed by atoms with Gasteiger partial charge in [-0.25, -0.2) is 0 Å². The molecule has 1 aromatic rings. The number of carbonyl (C=O) groups is 3. The molecule has 3 amide bonds. The first-order chi connectivity index (χ1) is 18.1. The van der Waals surface area contributed by atoms with E-state index in [4.69, 9.17) is 0 Å². The van der Waals surface area contributed by atoms with E-state index in [9.17, 15) is 19.5 Å². The number of rotatable bonds is 11. The lowest BCUT2D eigenvalue weighted by atomic mass is 9.65. The zero-order valence-electron chi connectivity index (χ0n) is 23.1. The van der Waals surface area contributed by atoms with E-state index >= 15 is 0 Å². The van der Waals surface area contributed by atoms with Crippen molar-refractivity contribution in [3.8, 4) is 0 Å². The van der Waals surface area contributed by atoms with Crippen LogP contribution in [0.2, 0.25) is 0 Å². The number of hydrogen-bond acceptors (Lipinski definition) is 5. The summed E-state index contributed by atoms with van der Waals surface area (Å²) in [4.78, 5) is 47.7. The van der Waals surface area contributed by atoms with Crippen molar-refractivity contribution in [1.82, 2.24) is 9.80 Å². The number of amides is 3. The minimum Gasteiger partial charge on any atom is -0.396 e. The summed E-state index contributed by atoms with van der Waals surface area (Å²) in [6.07, 6.45) is 5.35. The van der Waals surface area contributed by atoms with Crippen molar-refractivity contribution in [2.45, 2.75) is 56.1 Å². The van der Waals surface area contributed by atoms with E-state index in [1.165, 1.54) is 0 Å². The van der Waals surface area contributed by atoms with E-state index in [1.54, 1.807) is 45.7 Å². The van der Waals surface area contributed by atoms with Crippen LogP contribution in [0.25, 0.3) is 0 Å². The fourth-order valence-electron chi connectivity index (χ4n) is 6.85. The van der Waals surface area contributed by atoms with Gasteiger partial charge >= 0.3 is 0 Å². The van der Waals surface area contributed by atoms with Crippen LogP contribution >= 0.6 is 11.8 Å². The second kappa shape index (κ2) is 11.3. The molecular formula is C30H41N3O4S. The van der Waals surface area contributed by atoms with Crippen LogP contribution in [0.1, 0.15) is 37.3 Å². The van der Waals surface area contributed by atoms with E-state index in [2.05, 4.69) is 20.1 Å². The van der Waals surface area contributed by atoms with Crippen LogP contribution in [0, 0.1) is 31.6 Å². The summed E-state index contributed by atoms with van der Waals surface area (Å²) in [5.41, 5.74) is 2.85. The van der Waals surface area contributed by atoms with Crippen molar-refractivity contribution in [3.05, 3.63) is 54.6 Å². The van der Waals surface area contributed by atoms with Crippen molar-refractivity contribution in [3.63, 3.8) is 0 Å². The number of hydrogen-bond donors (Lipinski definition) is 1. The lowest BCUT2D eigenvalue weighted by Crippen LogP contribution is -2.57. The number of aliphatic hydroxyl groups is 1. The Labute approximate surface area is 230 Å². The number of anilines is 1. The Morgan fingerprint density at radius 3 is 2.55 bits per heavy atom. The van der Waals surface area contributed by atoms with Gasteiger partial charge in [0.25, 0.3) is 5.91 Å². The van der Waals surface area contributed by atoms with Crippen molar-refractivity contribution < 1.29 is 19.5 Å². The zero-order chi connectivity index (χ0) is 27.8. The largest absolute Gasteiger partial charge is 0.396 e. The molecule has 6 atom stereocenters. The number of benzene rings is 1. The minimum atomic E-state index is -0.689. The fourth-order valence-corrected chi connectivity index (χ4v) is 9.26. The molecule has 0 radical (unpaired) electrons. The molecule has 0 saturated carbocycles. The van der Waals surface area contributed by atoms with Crippen LogP contribution in [0.5, 0.6) is 0 Å². The molecule has 3 saturated heterocycles. The highest BCUT2D eigenvalue weighted by molar-refractivity contribution is 8.02. The maximum atomic E-state index is 14.7. The van der Waals surface area contributed by atoms with E-state index in [0.717, 1.165) is 23.2 Å². The van der Waals surface area contributed by atoms with Crippen molar-refractivity contribution in [1.29, 1.82) is 0 Å². The van der Waals surface area contributed by atoms with E-state index < -0.39 is 22.6 Å². The molecule has 1 spiro atoms. The second-order valence-electron chi connectivity index (χ2n) is 11.0. The Morgan fingerprint density at radius 2 is 1.89 bits per heavy atom. The van der Waals surface area contributed by atoms with Gasteiger partial charge in [0.2, 0.25) is 11.8 Å². The summed E-state index contributed by atoms with van der Waals surface area (Å²) in [5, 5.41) is 9.43. The number of fused-ring (bicyclic) bond motifs is 1. The van der Waals surface area contributed by atoms with Gasteiger partial charge in [0.1, 0.15) is 6.04 Å². The Balaban J connectivity index is 1.81. The standard InChI is InChI=1S/C30H41N3O4S/c1-7-13-31(6)27(35)24-23-18-21(5)30(38-23)25(24)28(36)33(15-9-10-16-34)26(30)29(37)32(14-8-2)22-17-19(3)11-12-20(22)4/h7-8,11-12,17,21,23-26,34H,1-2,9-10,13-16,18H2,3-6H3/t21?,23-,24+,25+,26?,30?/m1/s1. The fraction of sp³-hybridized carbons (Fsp3) is 0.567. The molecule has 206 valence electrons. The van der Waals surface area contributed by atoms with Gasteiger partial charge in [-0.05, 0) is 56.2 Å². The number of carbonyl (C=O) groups excluding carboxylic acids is 3. The first-order valence-corrected chi connectivity index (χ1v) is 14.5. The first-order valence-electron chi connectivity index (χ1n) is 13.6. The summed E-state index contributed by atoms with van der Waals surface area (Å²) in [6, 6.07) is 5.36. The summed E-state index contributed by atoms with van der Waals surface area (Å²) in [7, 11) is 1.75. The highest BCUT2D eigenvalue weighted by Crippen LogP contribution is 2.69. The summed E-state index contributed by atoms with van der Waals surface area (Å²) >= 11 is 1.69. The highest BCUT2D eigenvalue weighted by Gasteiger charge is 2.76. The lowest BCUT2D eigenvalue weighted by Gasteiger charge is -2.41. The van der Waals surface area contributed by atoms with Crippen LogP contribution in [-0.4, -0.2) is 82.0 Å². The SMILES string of the molecule is C=CCN(C)C(=O)[C@@H]1[C@H]2C(=O)N(CCCCO)C(C(=O)N(CC=C)c3cc(C)ccc3C)C23S[C@@H]1CC3C. The molecule has 3 aliphatic heterocycles. The average Bonchev–Trinajstić information content (AvgIpc) is 3.47. The van der Waals surface area contributed by atoms with E-state index in [1.807, 2.05) is 32.0 Å². The molecule has 4 rings (SSSR count).